The lowest BCUT2D eigenvalue weighted by atomic mass is 9.75. The molecule has 3 aliphatic carbocycles. The van der Waals surface area contributed by atoms with Crippen molar-refractivity contribution in [1.29, 1.82) is 0 Å². The Morgan fingerprint density at radius 3 is 1.78 bits per heavy atom. The molecule has 2 unspecified atom stereocenters. The van der Waals surface area contributed by atoms with E-state index in [1.54, 1.807) is 0 Å². The average Bonchev–Trinajstić information content (AvgIpc) is 3.77. The molecular weight excluding hydrogens is 613 g/mol. The monoisotopic (exact) mass is 648 g/mol. The first-order valence-electron chi connectivity index (χ1n) is 18.2. The molecule has 0 fully saturated rings. The maximum Gasteiger partial charge on any atom is 0.0355 e. The third-order valence-corrected chi connectivity index (χ3v) is 12.2. The molecule has 8 aromatic carbocycles. The summed E-state index contributed by atoms with van der Waals surface area (Å²) in [4.78, 5) is 0. The summed E-state index contributed by atoms with van der Waals surface area (Å²) in [6.07, 6.45) is 0. The quantitative estimate of drug-likeness (QED) is 0.179. The van der Waals surface area contributed by atoms with Gasteiger partial charge in [0.05, 0.1) is 0 Å². The summed E-state index contributed by atoms with van der Waals surface area (Å²) < 4.78 is 0. The zero-order chi connectivity index (χ0) is 33.8. The maximum absolute atomic E-state index is 2.48. The molecule has 2 atom stereocenters. The zero-order valence-corrected chi connectivity index (χ0v) is 28.8. The summed E-state index contributed by atoms with van der Waals surface area (Å²) in [7, 11) is 0. The second kappa shape index (κ2) is 10.5. The average molecular weight is 649 g/mol. The minimum absolute atomic E-state index is 0.0973. The molecule has 0 bridgehead atoms. The molecular formula is C51H36. The molecule has 0 aliphatic heterocycles. The molecule has 0 amide bonds. The lowest BCUT2D eigenvalue weighted by Crippen LogP contribution is -2.18. The van der Waals surface area contributed by atoms with Crippen LogP contribution in [0.25, 0.3) is 55.3 Å². The molecule has 0 nitrogen and oxygen atoms in total. The Morgan fingerprint density at radius 1 is 0.373 bits per heavy atom. The molecule has 0 saturated heterocycles. The molecule has 0 aromatic heterocycles. The van der Waals surface area contributed by atoms with Crippen LogP contribution in [0.3, 0.4) is 0 Å². The molecule has 0 N–H and O–H groups in total. The van der Waals surface area contributed by atoms with E-state index in [4.69, 9.17) is 0 Å². The van der Waals surface area contributed by atoms with Gasteiger partial charge in [0.2, 0.25) is 0 Å². The van der Waals surface area contributed by atoms with Gasteiger partial charge >= 0.3 is 0 Å². The molecule has 240 valence electrons. The lowest BCUT2D eigenvalue weighted by molar-refractivity contribution is 0.650. The van der Waals surface area contributed by atoms with E-state index in [2.05, 4.69) is 184 Å². The van der Waals surface area contributed by atoms with Gasteiger partial charge in [0.15, 0.2) is 0 Å². The minimum Gasteiger partial charge on any atom is -0.0622 e. The van der Waals surface area contributed by atoms with Crippen molar-refractivity contribution >= 4 is 10.8 Å². The Hall–Kier alpha value is -5.98. The smallest absolute Gasteiger partial charge is 0.0355 e. The van der Waals surface area contributed by atoms with Crippen LogP contribution in [0.2, 0.25) is 0 Å². The van der Waals surface area contributed by atoms with E-state index in [1.165, 1.54) is 99.8 Å². The number of fused-ring (bicyclic) bond motifs is 11. The minimum atomic E-state index is -0.0973. The highest BCUT2D eigenvalue weighted by Crippen LogP contribution is 2.59. The second-order valence-corrected chi connectivity index (χ2v) is 15.2. The van der Waals surface area contributed by atoms with E-state index in [0.717, 1.165) is 0 Å². The van der Waals surface area contributed by atoms with Gasteiger partial charge in [-0.1, -0.05) is 172 Å². The van der Waals surface area contributed by atoms with E-state index >= 15 is 0 Å². The van der Waals surface area contributed by atoms with Crippen molar-refractivity contribution in [2.24, 2.45) is 0 Å². The van der Waals surface area contributed by atoms with Gasteiger partial charge in [0, 0.05) is 17.3 Å². The summed E-state index contributed by atoms with van der Waals surface area (Å²) in [5.41, 5.74) is 21.9. The Kier molecular flexibility index (Phi) is 5.94. The summed E-state index contributed by atoms with van der Waals surface area (Å²) in [6.45, 7) is 4.85. The first-order valence-corrected chi connectivity index (χ1v) is 18.2. The molecule has 11 rings (SSSR count). The van der Waals surface area contributed by atoms with Gasteiger partial charge in [0.25, 0.3) is 0 Å². The van der Waals surface area contributed by atoms with Crippen LogP contribution in [-0.4, -0.2) is 0 Å². The van der Waals surface area contributed by atoms with Crippen molar-refractivity contribution in [3.05, 3.63) is 214 Å². The molecule has 0 heteroatoms. The maximum atomic E-state index is 2.48. The van der Waals surface area contributed by atoms with Crippen LogP contribution in [0.4, 0.5) is 0 Å². The largest absolute Gasteiger partial charge is 0.0622 e. The van der Waals surface area contributed by atoms with Crippen molar-refractivity contribution in [3.63, 3.8) is 0 Å². The van der Waals surface area contributed by atoms with Crippen molar-refractivity contribution in [1.82, 2.24) is 0 Å². The van der Waals surface area contributed by atoms with Gasteiger partial charge in [0.1, 0.15) is 0 Å². The highest BCUT2D eigenvalue weighted by Gasteiger charge is 2.43. The first-order chi connectivity index (χ1) is 25.1. The normalized spacial score (nSPS) is 17.0. The summed E-state index contributed by atoms with van der Waals surface area (Å²) in [5, 5.41) is 2.58. The van der Waals surface area contributed by atoms with Gasteiger partial charge in [-0.05, 0) is 112 Å². The molecule has 0 radical (unpaired) electrons. The van der Waals surface area contributed by atoms with Gasteiger partial charge in [-0.15, -0.1) is 0 Å². The van der Waals surface area contributed by atoms with E-state index in [9.17, 15) is 0 Å². The fourth-order valence-corrected chi connectivity index (χ4v) is 9.95. The van der Waals surface area contributed by atoms with Crippen molar-refractivity contribution in [2.45, 2.75) is 31.1 Å². The van der Waals surface area contributed by atoms with Crippen LogP contribution in [-0.2, 0) is 5.41 Å². The number of hydrogen-bond donors (Lipinski definition) is 0. The third kappa shape index (κ3) is 4.02. The zero-order valence-electron chi connectivity index (χ0n) is 28.8. The van der Waals surface area contributed by atoms with Crippen LogP contribution >= 0.6 is 0 Å². The van der Waals surface area contributed by atoms with Gasteiger partial charge < -0.3 is 0 Å². The van der Waals surface area contributed by atoms with Crippen molar-refractivity contribution < 1.29 is 0 Å². The second-order valence-electron chi connectivity index (χ2n) is 15.2. The van der Waals surface area contributed by atoms with Crippen LogP contribution in [0.5, 0.6) is 0 Å². The summed E-state index contributed by atoms with van der Waals surface area (Å²) >= 11 is 0. The predicted molar refractivity (Wildman–Crippen MR) is 213 cm³/mol. The lowest BCUT2D eigenvalue weighted by Gasteiger charge is -2.27. The highest BCUT2D eigenvalue weighted by molar-refractivity contribution is 5.94. The molecule has 51 heavy (non-hydrogen) atoms. The van der Waals surface area contributed by atoms with E-state index < -0.39 is 0 Å². The van der Waals surface area contributed by atoms with Crippen molar-refractivity contribution in [2.75, 3.05) is 0 Å². The van der Waals surface area contributed by atoms with Crippen LogP contribution in [0.1, 0.15) is 70.2 Å². The molecule has 3 aliphatic rings. The first kappa shape index (κ1) is 28.8. The Balaban J connectivity index is 1.11. The Labute approximate surface area is 299 Å². The molecule has 8 aromatic rings. The summed E-state index contributed by atoms with van der Waals surface area (Å²) in [6, 6.07) is 64.1. The number of rotatable bonds is 3. The number of benzene rings is 8. The topological polar surface area (TPSA) is 0 Å². The fraction of sp³-hybridized carbons (Fsp3) is 0.0980. The predicted octanol–water partition coefficient (Wildman–Crippen LogP) is 13.1. The fourth-order valence-electron chi connectivity index (χ4n) is 9.95. The van der Waals surface area contributed by atoms with E-state index in [0.29, 0.717) is 0 Å². The molecule has 0 saturated carbocycles. The SMILES string of the molecule is CC1(C)c2ccccc2-c2ccc3c(c21)C(c1ccc2ccccc2c1)c1ccc(-c2ccc4c(c2)-c2ccccc2C4c2ccccc2)cc1-3. The van der Waals surface area contributed by atoms with Gasteiger partial charge in [-0.2, -0.15) is 0 Å². The van der Waals surface area contributed by atoms with Crippen LogP contribution in [0.15, 0.2) is 170 Å². The van der Waals surface area contributed by atoms with E-state index in [-0.39, 0.29) is 17.3 Å². The molecule has 0 spiro atoms. The van der Waals surface area contributed by atoms with Gasteiger partial charge in [-0.25, -0.2) is 0 Å². The Morgan fingerprint density at radius 2 is 0.980 bits per heavy atom. The van der Waals surface area contributed by atoms with Crippen molar-refractivity contribution in [3.8, 4) is 44.5 Å². The summed E-state index contributed by atoms with van der Waals surface area (Å²) in [5.74, 6) is 0.423. The number of hydrogen-bond acceptors (Lipinski definition) is 0. The van der Waals surface area contributed by atoms with Gasteiger partial charge in [-0.3, -0.25) is 0 Å². The van der Waals surface area contributed by atoms with Crippen LogP contribution in [0, 0.1) is 0 Å². The van der Waals surface area contributed by atoms with Crippen LogP contribution < -0.4 is 0 Å². The molecule has 0 heterocycles. The highest BCUT2D eigenvalue weighted by atomic mass is 14.5. The Bertz CT molecular complexity index is 2730. The third-order valence-electron chi connectivity index (χ3n) is 12.2. The van der Waals surface area contributed by atoms with E-state index in [1.807, 2.05) is 0 Å². The standard InChI is InChI=1S/C51H36/c1-51(2)46-19-11-10-17-38(46)43-27-26-42-45-30-35(23-25-41(45)48(49(42)50(43)51)36-21-20-31-12-6-7-15-33(31)28-36)34-22-24-40-44(29-34)37-16-8-9-18-39(37)47(40)32-13-4-3-5-14-32/h3-30,47-48H,1-2H3.